The summed E-state index contributed by atoms with van der Waals surface area (Å²) in [5.74, 6) is -1.49. The number of hydrogen-bond acceptors (Lipinski definition) is 4. The van der Waals surface area contributed by atoms with Crippen LogP contribution in [0.5, 0.6) is 0 Å². The number of hydrogen-bond donors (Lipinski definition) is 0. The number of oxime groups is 1. The first kappa shape index (κ1) is 15.8. The van der Waals surface area contributed by atoms with E-state index in [-0.39, 0.29) is 5.91 Å². The molecular weight excluding hydrogens is 340 g/mol. The van der Waals surface area contributed by atoms with Gasteiger partial charge in [-0.3, -0.25) is 9.59 Å². The Morgan fingerprint density at radius 2 is 1.68 bits per heavy atom. The number of aryl methyl sites for hydroxylation is 2. The van der Waals surface area contributed by atoms with Gasteiger partial charge in [0, 0.05) is 10.6 Å². The zero-order chi connectivity index (χ0) is 17.7. The second-order valence-electron chi connectivity index (χ2n) is 6.21. The third-order valence-electron chi connectivity index (χ3n) is 4.63. The standard InChI is InChI=1S/C19H15ClN2O3/c1-10-6-5-7-11(2)16(10)22-18(23)14-15(21-25-17(14)19(22)24)12-8-3-4-9-13(12)20/h3-9,14,17H,1-2H3/t14-,17-/m0/s1. The number of para-hydroxylation sites is 1. The highest BCUT2D eigenvalue weighted by Crippen LogP contribution is 2.38. The van der Waals surface area contributed by atoms with Crippen molar-refractivity contribution < 1.29 is 14.4 Å². The molecule has 6 heteroatoms. The van der Waals surface area contributed by atoms with Crippen LogP contribution in [-0.4, -0.2) is 23.6 Å². The van der Waals surface area contributed by atoms with Crippen LogP contribution in [0.3, 0.4) is 0 Å². The quantitative estimate of drug-likeness (QED) is 0.778. The van der Waals surface area contributed by atoms with Crippen molar-refractivity contribution in [2.75, 3.05) is 4.90 Å². The Morgan fingerprint density at radius 3 is 2.36 bits per heavy atom. The Morgan fingerprint density at radius 1 is 1.00 bits per heavy atom. The lowest BCUT2D eigenvalue weighted by Crippen LogP contribution is -2.34. The van der Waals surface area contributed by atoms with Crippen molar-refractivity contribution in [2.24, 2.45) is 11.1 Å². The van der Waals surface area contributed by atoms with E-state index in [2.05, 4.69) is 5.16 Å². The van der Waals surface area contributed by atoms with Gasteiger partial charge in [-0.25, -0.2) is 4.90 Å². The van der Waals surface area contributed by atoms with E-state index in [4.69, 9.17) is 16.4 Å². The summed E-state index contributed by atoms with van der Waals surface area (Å²) >= 11 is 6.24. The first-order chi connectivity index (χ1) is 12.0. The highest BCUT2D eigenvalue weighted by Gasteiger charge is 2.56. The van der Waals surface area contributed by atoms with Gasteiger partial charge in [-0.2, -0.15) is 0 Å². The fourth-order valence-corrected chi connectivity index (χ4v) is 3.68. The summed E-state index contributed by atoms with van der Waals surface area (Å²) in [7, 11) is 0. The minimum atomic E-state index is -0.933. The maximum Gasteiger partial charge on any atom is 0.278 e. The number of imide groups is 1. The lowest BCUT2D eigenvalue weighted by molar-refractivity contribution is -0.126. The lowest BCUT2D eigenvalue weighted by Gasteiger charge is -2.20. The van der Waals surface area contributed by atoms with Crippen LogP contribution in [0, 0.1) is 19.8 Å². The van der Waals surface area contributed by atoms with Gasteiger partial charge in [0.1, 0.15) is 11.6 Å². The van der Waals surface area contributed by atoms with E-state index in [1.54, 1.807) is 18.2 Å². The Hall–Kier alpha value is -2.66. The van der Waals surface area contributed by atoms with Crippen molar-refractivity contribution in [2.45, 2.75) is 20.0 Å². The molecule has 4 rings (SSSR count). The van der Waals surface area contributed by atoms with E-state index >= 15 is 0 Å². The van der Waals surface area contributed by atoms with Crippen molar-refractivity contribution in [1.29, 1.82) is 0 Å². The topological polar surface area (TPSA) is 59.0 Å². The van der Waals surface area contributed by atoms with E-state index in [9.17, 15) is 9.59 Å². The highest BCUT2D eigenvalue weighted by atomic mass is 35.5. The van der Waals surface area contributed by atoms with Gasteiger partial charge in [-0.1, -0.05) is 53.2 Å². The van der Waals surface area contributed by atoms with Crippen LogP contribution in [0.25, 0.3) is 0 Å². The Kier molecular flexibility index (Phi) is 3.62. The molecule has 2 aliphatic rings. The number of anilines is 1. The second-order valence-corrected chi connectivity index (χ2v) is 6.62. The van der Waals surface area contributed by atoms with Gasteiger partial charge in [-0.15, -0.1) is 0 Å². The third-order valence-corrected chi connectivity index (χ3v) is 4.95. The fourth-order valence-electron chi connectivity index (χ4n) is 3.45. The summed E-state index contributed by atoms with van der Waals surface area (Å²) in [6.07, 6.45) is -0.933. The number of rotatable bonds is 2. The number of carbonyl (C=O) groups excluding carboxylic acids is 2. The number of amides is 2. The average molecular weight is 355 g/mol. The van der Waals surface area contributed by atoms with Gasteiger partial charge in [0.15, 0.2) is 0 Å². The van der Waals surface area contributed by atoms with Crippen molar-refractivity contribution in [1.82, 2.24) is 0 Å². The second kappa shape index (κ2) is 5.70. The minimum absolute atomic E-state index is 0.330. The summed E-state index contributed by atoms with van der Waals surface area (Å²) < 4.78 is 0. The molecule has 0 N–H and O–H groups in total. The maximum absolute atomic E-state index is 13.1. The van der Waals surface area contributed by atoms with Gasteiger partial charge in [0.2, 0.25) is 12.0 Å². The van der Waals surface area contributed by atoms with Crippen molar-refractivity contribution in [3.8, 4) is 0 Å². The summed E-state index contributed by atoms with van der Waals surface area (Å²) in [5.41, 5.74) is 3.36. The van der Waals surface area contributed by atoms with Gasteiger partial charge >= 0.3 is 0 Å². The van der Waals surface area contributed by atoms with Gasteiger partial charge in [0.25, 0.3) is 5.91 Å². The van der Waals surface area contributed by atoms with Crippen LogP contribution in [-0.2, 0) is 14.4 Å². The molecule has 126 valence electrons. The lowest BCUT2D eigenvalue weighted by atomic mass is 9.94. The molecule has 0 aromatic heterocycles. The number of fused-ring (bicyclic) bond motifs is 1. The largest absolute Gasteiger partial charge is 0.381 e. The van der Waals surface area contributed by atoms with Gasteiger partial charge < -0.3 is 4.84 Å². The first-order valence-electron chi connectivity index (χ1n) is 7.93. The molecule has 2 amide bonds. The maximum atomic E-state index is 13.1. The summed E-state index contributed by atoms with van der Waals surface area (Å²) in [6.45, 7) is 3.75. The van der Waals surface area contributed by atoms with E-state index in [1.807, 2.05) is 38.1 Å². The molecule has 5 nitrogen and oxygen atoms in total. The molecule has 1 saturated heterocycles. The summed E-state index contributed by atoms with van der Waals surface area (Å²) in [5, 5.41) is 4.46. The molecule has 0 unspecified atom stereocenters. The molecule has 2 atom stereocenters. The molecule has 2 aliphatic heterocycles. The van der Waals surface area contributed by atoms with E-state index in [0.717, 1.165) is 11.1 Å². The van der Waals surface area contributed by atoms with E-state index in [1.165, 1.54) is 4.90 Å². The predicted molar refractivity (Wildman–Crippen MR) is 94.8 cm³/mol. The highest BCUT2D eigenvalue weighted by molar-refractivity contribution is 6.38. The van der Waals surface area contributed by atoms with Crippen LogP contribution in [0.2, 0.25) is 5.02 Å². The van der Waals surface area contributed by atoms with Gasteiger partial charge in [-0.05, 0) is 31.0 Å². The van der Waals surface area contributed by atoms with Crippen molar-refractivity contribution >= 4 is 34.8 Å². The molecule has 0 spiro atoms. The van der Waals surface area contributed by atoms with Crippen LogP contribution >= 0.6 is 11.6 Å². The molecule has 0 radical (unpaired) electrons. The normalized spacial score (nSPS) is 22.0. The van der Waals surface area contributed by atoms with E-state index in [0.29, 0.717) is 22.0 Å². The predicted octanol–water partition coefficient (Wildman–Crippen LogP) is 3.25. The number of halogens is 1. The third kappa shape index (κ3) is 2.27. The Bertz CT molecular complexity index is 918. The smallest absolute Gasteiger partial charge is 0.278 e. The average Bonchev–Trinajstić information content (AvgIpc) is 3.11. The van der Waals surface area contributed by atoms with Crippen molar-refractivity contribution in [3.05, 3.63) is 64.2 Å². The Balaban J connectivity index is 1.78. The fraction of sp³-hybridized carbons (Fsp3) is 0.211. The molecule has 0 aliphatic carbocycles. The molecule has 2 aromatic carbocycles. The zero-order valence-electron chi connectivity index (χ0n) is 13.7. The monoisotopic (exact) mass is 354 g/mol. The molecule has 2 aromatic rings. The SMILES string of the molecule is Cc1cccc(C)c1N1C(=O)[C@H]2C(c3ccccc3Cl)=NO[C@@H]2C1=O. The molecule has 0 bridgehead atoms. The van der Waals surface area contributed by atoms with Crippen LogP contribution in [0.4, 0.5) is 5.69 Å². The molecule has 0 saturated carbocycles. The molecule has 2 heterocycles. The Labute approximate surface area is 149 Å². The molecular formula is C19H15ClN2O3. The first-order valence-corrected chi connectivity index (χ1v) is 8.31. The van der Waals surface area contributed by atoms with Crippen LogP contribution < -0.4 is 4.90 Å². The van der Waals surface area contributed by atoms with Crippen LogP contribution in [0.15, 0.2) is 47.6 Å². The summed E-state index contributed by atoms with van der Waals surface area (Å²) in [6, 6.07) is 12.7. The van der Waals surface area contributed by atoms with E-state index < -0.39 is 17.9 Å². The minimum Gasteiger partial charge on any atom is -0.381 e. The zero-order valence-corrected chi connectivity index (χ0v) is 14.4. The van der Waals surface area contributed by atoms with Crippen molar-refractivity contribution in [3.63, 3.8) is 0 Å². The number of carbonyl (C=O) groups is 2. The number of nitrogens with zero attached hydrogens (tertiary/aromatic N) is 2. The van der Waals surface area contributed by atoms with Gasteiger partial charge in [0.05, 0.1) is 5.69 Å². The molecule has 1 fully saturated rings. The number of benzene rings is 2. The summed E-state index contributed by atoms with van der Waals surface area (Å²) in [4.78, 5) is 32.5. The molecule has 25 heavy (non-hydrogen) atoms. The van der Waals surface area contributed by atoms with Crippen LogP contribution in [0.1, 0.15) is 16.7 Å².